The molecule has 88 valence electrons. The fraction of sp³-hybridized carbons (Fsp3) is 0.846. The van der Waals surface area contributed by atoms with Crippen molar-refractivity contribution in [3.05, 3.63) is 12.2 Å². The van der Waals surface area contributed by atoms with Crippen LogP contribution < -0.4 is 0 Å². The standard InChI is InChI=1S/C13H26OSi/c1-13(2,15(3,4)14)11-10-12-8-6-5-7-9-12/h5-6,12,14H,7-11H2,1-4H3. The molecule has 1 rings (SSSR count). The van der Waals surface area contributed by atoms with E-state index in [2.05, 4.69) is 39.1 Å². The second-order valence-corrected chi connectivity index (χ2v) is 10.6. The molecule has 1 N–H and O–H groups in total. The van der Waals surface area contributed by atoms with E-state index in [1.54, 1.807) is 0 Å². The van der Waals surface area contributed by atoms with Crippen LogP contribution in [0.15, 0.2) is 12.2 Å². The molecule has 1 atom stereocenters. The summed E-state index contributed by atoms with van der Waals surface area (Å²) in [5, 5.41) is 0.161. The average Bonchev–Trinajstić information content (AvgIpc) is 2.15. The highest BCUT2D eigenvalue weighted by atomic mass is 28.4. The third-order valence-corrected chi connectivity index (χ3v) is 7.77. The van der Waals surface area contributed by atoms with Crippen molar-refractivity contribution in [2.75, 3.05) is 0 Å². The molecule has 1 nitrogen and oxygen atoms in total. The normalized spacial score (nSPS) is 23.1. The van der Waals surface area contributed by atoms with Crippen molar-refractivity contribution < 1.29 is 4.80 Å². The molecule has 1 aliphatic rings. The summed E-state index contributed by atoms with van der Waals surface area (Å²) in [6.07, 6.45) is 10.9. The smallest absolute Gasteiger partial charge is 0.188 e. The van der Waals surface area contributed by atoms with Gasteiger partial charge in [0, 0.05) is 0 Å². The first-order chi connectivity index (χ1) is 6.83. The largest absolute Gasteiger partial charge is 0.432 e. The highest BCUT2D eigenvalue weighted by molar-refractivity contribution is 6.72. The minimum Gasteiger partial charge on any atom is -0.432 e. The maximum Gasteiger partial charge on any atom is 0.188 e. The molecule has 0 heterocycles. The molecule has 0 bridgehead atoms. The van der Waals surface area contributed by atoms with Crippen molar-refractivity contribution in [3.8, 4) is 0 Å². The summed E-state index contributed by atoms with van der Waals surface area (Å²) in [6, 6.07) is 0. The predicted molar refractivity (Wildman–Crippen MR) is 69.5 cm³/mol. The maximum atomic E-state index is 10.2. The van der Waals surface area contributed by atoms with Crippen LogP contribution in [0.5, 0.6) is 0 Å². The Morgan fingerprint density at radius 2 is 2.00 bits per heavy atom. The van der Waals surface area contributed by atoms with Gasteiger partial charge in [-0.25, -0.2) is 0 Å². The van der Waals surface area contributed by atoms with Gasteiger partial charge in [0.2, 0.25) is 0 Å². The zero-order valence-electron chi connectivity index (χ0n) is 10.7. The second-order valence-electron chi connectivity index (χ2n) is 6.13. The van der Waals surface area contributed by atoms with Gasteiger partial charge in [0.1, 0.15) is 0 Å². The van der Waals surface area contributed by atoms with Gasteiger partial charge in [-0.3, -0.25) is 0 Å². The van der Waals surface area contributed by atoms with Crippen LogP contribution in [0, 0.1) is 5.92 Å². The SMILES string of the molecule is CC(C)(CCC1CC=CCC1)[Si](C)(C)O. The molecule has 1 unspecified atom stereocenters. The predicted octanol–water partition coefficient (Wildman–Crippen LogP) is 4.10. The van der Waals surface area contributed by atoms with E-state index in [0.717, 1.165) is 5.92 Å². The first-order valence-electron chi connectivity index (χ1n) is 6.20. The van der Waals surface area contributed by atoms with Crippen molar-refractivity contribution in [3.63, 3.8) is 0 Å². The van der Waals surface area contributed by atoms with Gasteiger partial charge in [-0.1, -0.05) is 26.0 Å². The van der Waals surface area contributed by atoms with Crippen molar-refractivity contribution in [1.29, 1.82) is 0 Å². The zero-order valence-corrected chi connectivity index (χ0v) is 11.7. The summed E-state index contributed by atoms with van der Waals surface area (Å²) in [5.74, 6) is 0.866. The molecular weight excluding hydrogens is 200 g/mol. The third kappa shape index (κ3) is 3.76. The van der Waals surface area contributed by atoms with Gasteiger partial charge in [-0.15, -0.1) is 0 Å². The van der Waals surface area contributed by atoms with E-state index in [1.165, 1.54) is 32.1 Å². The van der Waals surface area contributed by atoms with Crippen LogP contribution in [0.25, 0.3) is 0 Å². The van der Waals surface area contributed by atoms with E-state index >= 15 is 0 Å². The Labute approximate surface area is 95.7 Å². The number of hydrogen-bond donors (Lipinski definition) is 1. The number of hydrogen-bond acceptors (Lipinski definition) is 1. The monoisotopic (exact) mass is 226 g/mol. The lowest BCUT2D eigenvalue weighted by molar-refractivity contribution is 0.374. The van der Waals surface area contributed by atoms with E-state index in [9.17, 15) is 4.80 Å². The lowest BCUT2D eigenvalue weighted by Crippen LogP contribution is -2.39. The van der Waals surface area contributed by atoms with Crippen molar-refractivity contribution in [2.45, 2.75) is 64.1 Å². The van der Waals surface area contributed by atoms with E-state index in [1.807, 2.05) is 0 Å². The van der Waals surface area contributed by atoms with Crippen molar-refractivity contribution in [2.24, 2.45) is 5.92 Å². The van der Waals surface area contributed by atoms with Gasteiger partial charge >= 0.3 is 0 Å². The molecule has 0 aromatic rings. The topological polar surface area (TPSA) is 20.2 Å². The van der Waals surface area contributed by atoms with E-state index in [0.29, 0.717) is 0 Å². The van der Waals surface area contributed by atoms with E-state index < -0.39 is 8.32 Å². The maximum absolute atomic E-state index is 10.2. The quantitative estimate of drug-likeness (QED) is 0.565. The highest BCUT2D eigenvalue weighted by Crippen LogP contribution is 2.41. The molecular formula is C13H26OSi. The minimum atomic E-state index is -1.99. The zero-order chi connectivity index (χ0) is 11.5. The van der Waals surface area contributed by atoms with Gasteiger partial charge in [0.15, 0.2) is 8.32 Å². The number of rotatable bonds is 4. The molecule has 0 saturated carbocycles. The molecule has 1 aliphatic carbocycles. The Hall–Kier alpha value is -0.0831. The third-order valence-electron chi connectivity index (χ3n) is 4.21. The van der Waals surface area contributed by atoms with Crippen LogP contribution >= 0.6 is 0 Å². The average molecular weight is 226 g/mol. The Bertz CT molecular complexity index is 225. The fourth-order valence-electron chi connectivity index (χ4n) is 1.99. The summed E-state index contributed by atoms with van der Waals surface area (Å²) in [4.78, 5) is 10.2. The molecule has 15 heavy (non-hydrogen) atoms. The fourth-order valence-corrected chi connectivity index (χ4v) is 2.75. The minimum absolute atomic E-state index is 0.161. The highest BCUT2D eigenvalue weighted by Gasteiger charge is 2.37. The summed E-state index contributed by atoms with van der Waals surface area (Å²) >= 11 is 0. The Morgan fingerprint density at radius 3 is 2.47 bits per heavy atom. The van der Waals surface area contributed by atoms with Crippen LogP contribution in [-0.4, -0.2) is 13.1 Å². The molecule has 0 aliphatic heterocycles. The summed E-state index contributed by atoms with van der Waals surface area (Å²) < 4.78 is 0. The first kappa shape index (κ1) is 13.0. The molecule has 0 saturated heterocycles. The van der Waals surface area contributed by atoms with Crippen molar-refractivity contribution >= 4 is 8.32 Å². The van der Waals surface area contributed by atoms with Crippen LogP contribution in [-0.2, 0) is 0 Å². The Kier molecular flexibility index (Phi) is 4.18. The van der Waals surface area contributed by atoms with Gasteiger partial charge in [-0.2, -0.15) is 0 Å². The number of allylic oxidation sites excluding steroid dienone is 2. The van der Waals surface area contributed by atoms with Crippen LogP contribution in [0.4, 0.5) is 0 Å². The molecule has 0 aromatic carbocycles. The Balaban J connectivity index is 2.39. The van der Waals surface area contributed by atoms with Crippen molar-refractivity contribution in [1.82, 2.24) is 0 Å². The Morgan fingerprint density at radius 1 is 1.33 bits per heavy atom. The van der Waals surface area contributed by atoms with Crippen LogP contribution in [0.1, 0.15) is 46.0 Å². The van der Waals surface area contributed by atoms with Gasteiger partial charge < -0.3 is 4.80 Å². The lowest BCUT2D eigenvalue weighted by atomic mass is 9.88. The van der Waals surface area contributed by atoms with E-state index in [-0.39, 0.29) is 5.04 Å². The first-order valence-corrected chi connectivity index (χ1v) is 9.15. The summed E-state index contributed by atoms with van der Waals surface area (Å²) in [7, 11) is -1.99. The molecule has 2 heteroatoms. The van der Waals surface area contributed by atoms with E-state index in [4.69, 9.17) is 0 Å². The van der Waals surface area contributed by atoms with Crippen LogP contribution in [0.3, 0.4) is 0 Å². The van der Waals surface area contributed by atoms with Gasteiger partial charge in [0.25, 0.3) is 0 Å². The molecule has 0 amide bonds. The summed E-state index contributed by atoms with van der Waals surface area (Å²) in [5.41, 5.74) is 0. The molecule has 0 radical (unpaired) electrons. The van der Waals surface area contributed by atoms with Gasteiger partial charge in [0.05, 0.1) is 0 Å². The molecule has 0 aromatic heterocycles. The molecule has 0 spiro atoms. The van der Waals surface area contributed by atoms with Crippen LogP contribution in [0.2, 0.25) is 18.1 Å². The van der Waals surface area contributed by atoms with Gasteiger partial charge in [-0.05, 0) is 56.2 Å². The second kappa shape index (κ2) is 4.83. The lowest BCUT2D eigenvalue weighted by Gasteiger charge is -2.36. The molecule has 0 fully saturated rings. The summed E-state index contributed by atoms with van der Waals surface area (Å²) in [6.45, 7) is 8.59.